The molecule has 4 N–H and O–H groups in total. The predicted octanol–water partition coefficient (Wildman–Crippen LogP) is 0.506. The van der Waals surface area contributed by atoms with E-state index in [1.54, 1.807) is 0 Å². The molecule has 0 saturated heterocycles. The van der Waals surface area contributed by atoms with Crippen molar-refractivity contribution >= 4 is 0 Å². The Hall–Kier alpha value is -0.600. The van der Waals surface area contributed by atoms with Crippen LogP contribution in [-0.4, -0.2) is 5.66 Å². The second kappa shape index (κ2) is 1.97. The zero-order valence-electron chi connectivity index (χ0n) is 5.59. The van der Waals surface area contributed by atoms with Crippen molar-refractivity contribution in [3.63, 3.8) is 0 Å². The van der Waals surface area contributed by atoms with Crippen molar-refractivity contribution in [2.24, 2.45) is 11.5 Å². The van der Waals surface area contributed by atoms with Gasteiger partial charge in [0.15, 0.2) is 0 Å². The first-order valence-electron chi connectivity index (χ1n) is 3.04. The maximum Gasteiger partial charge on any atom is 0.0835 e. The molecule has 0 amide bonds. The van der Waals surface area contributed by atoms with Crippen molar-refractivity contribution < 1.29 is 0 Å². The van der Waals surface area contributed by atoms with Gasteiger partial charge >= 0.3 is 0 Å². The minimum atomic E-state index is -0.622. The molecule has 0 bridgehead atoms. The summed E-state index contributed by atoms with van der Waals surface area (Å²) in [6.45, 7) is 1.81. The topological polar surface area (TPSA) is 52.0 Å². The van der Waals surface area contributed by atoms with E-state index >= 15 is 0 Å². The molecule has 0 radical (unpaired) electrons. The lowest BCUT2D eigenvalue weighted by molar-refractivity contribution is 0.569. The van der Waals surface area contributed by atoms with Gasteiger partial charge in [-0.2, -0.15) is 0 Å². The molecule has 0 unspecified atom stereocenters. The van der Waals surface area contributed by atoms with E-state index in [0.717, 1.165) is 12.0 Å². The largest absolute Gasteiger partial charge is 0.310 e. The van der Waals surface area contributed by atoms with Crippen LogP contribution in [0.15, 0.2) is 23.8 Å². The standard InChI is InChI=1S/C7H12N2/c1-7(8,9)6-4-2-3-5-6/h2-4H,5,8-9H2,1H3. The summed E-state index contributed by atoms with van der Waals surface area (Å²) in [5, 5.41) is 0. The quantitative estimate of drug-likeness (QED) is 0.500. The first-order valence-corrected chi connectivity index (χ1v) is 3.04. The summed E-state index contributed by atoms with van der Waals surface area (Å²) in [6.07, 6.45) is 6.91. The molecule has 0 heterocycles. The Kier molecular flexibility index (Phi) is 1.43. The average molecular weight is 124 g/mol. The van der Waals surface area contributed by atoms with E-state index in [9.17, 15) is 0 Å². The molecule has 50 valence electrons. The lowest BCUT2D eigenvalue weighted by Crippen LogP contribution is -2.47. The number of rotatable bonds is 1. The summed E-state index contributed by atoms with van der Waals surface area (Å²) >= 11 is 0. The van der Waals surface area contributed by atoms with Gasteiger partial charge in [0, 0.05) is 0 Å². The Morgan fingerprint density at radius 1 is 1.56 bits per heavy atom. The van der Waals surface area contributed by atoms with E-state index in [1.807, 2.05) is 25.2 Å². The summed E-state index contributed by atoms with van der Waals surface area (Å²) in [7, 11) is 0. The van der Waals surface area contributed by atoms with Crippen LogP contribution in [0.3, 0.4) is 0 Å². The third-order valence-electron chi connectivity index (χ3n) is 1.46. The second-order valence-corrected chi connectivity index (χ2v) is 2.61. The zero-order chi connectivity index (χ0) is 6.91. The van der Waals surface area contributed by atoms with Gasteiger partial charge in [0.2, 0.25) is 0 Å². The van der Waals surface area contributed by atoms with E-state index in [2.05, 4.69) is 0 Å². The number of allylic oxidation sites excluding steroid dienone is 3. The molecule has 0 aromatic heterocycles. The predicted molar refractivity (Wildman–Crippen MR) is 38.6 cm³/mol. The average Bonchev–Trinajstić information content (AvgIpc) is 2.08. The highest BCUT2D eigenvalue weighted by molar-refractivity contribution is 5.29. The lowest BCUT2D eigenvalue weighted by Gasteiger charge is -2.19. The van der Waals surface area contributed by atoms with Crippen molar-refractivity contribution in [1.82, 2.24) is 0 Å². The highest BCUT2D eigenvalue weighted by Gasteiger charge is 2.17. The highest BCUT2D eigenvalue weighted by Crippen LogP contribution is 2.16. The lowest BCUT2D eigenvalue weighted by atomic mass is 10.0. The Bertz CT molecular complexity index is 160. The maximum absolute atomic E-state index is 5.61. The van der Waals surface area contributed by atoms with Gasteiger partial charge in [-0.3, -0.25) is 0 Å². The van der Waals surface area contributed by atoms with Crippen LogP contribution >= 0.6 is 0 Å². The minimum Gasteiger partial charge on any atom is -0.310 e. The summed E-state index contributed by atoms with van der Waals surface area (Å²) in [6, 6.07) is 0. The van der Waals surface area contributed by atoms with Gasteiger partial charge in [-0.15, -0.1) is 0 Å². The molecule has 9 heavy (non-hydrogen) atoms. The Morgan fingerprint density at radius 3 is 2.44 bits per heavy atom. The smallest absolute Gasteiger partial charge is 0.0835 e. The Labute approximate surface area is 55.2 Å². The molecule has 0 saturated carbocycles. The monoisotopic (exact) mass is 124 g/mol. The van der Waals surface area contributed by atoms with Crippen molar-refractivity contribution in [2.75, 3.05) is 0 Å². The molecule has 0 aromatic rings. The van der Waals surface area contributed by atoms with Gasteiger partial charge in [-0.05, 0) is 18.9 Å². The molecule has 0 atom stereocenters. The molecular formula is C7H12N2. The van der Waals surface area contributed by atoms with Gasteiger partial charge < -0.3 is 11.5 Å². The first kappa shape index (κ1) is 6.52. The fraction of sp³-hybridized carbons (Fsp3) is 0.429. The third-order valence-corrected chi connectivity index (χ3v) is 1.46. The van der Waals surface area contributed by atoms with E-state index in [1.165, 1.54) is 0 Å². The molecule has 2 heteroatoms. The molecule has 0 aromatic carbocycles. The minimum absolute atomic E-state index is 0.622. The zero-order valence-corrected chi connectivity index (χ0v) is 5.59. The van der Waals surface area contributed by atoms with Crippen LogP contribution in [-0.2, 0) is 0 Å². The summed E-state index contributed by atoms with van der Waals surface area (Å²) in [4.78, 5) is 0. The summed E-state index contributed by atoms with van der Waals surface area (Å²) < 4.78 is 0. The van der Waals surface area contributed by atoms with Crippen molar-refractivity contribution in [2.45, 2.75) is 19.0 Å². The molecule has 0 aliphatic heterocycles. The molecule has 1 aliphatic carbocycles. The third kappa shape index (κ3) is 1.40. The SMILES string of the molecule is CC(N)(N)C1=CC=CC1. The highest BCUT2D eigenvalue weighted by atomic mass is 14.9. The van der Waals surface area contributed by atoms with E-state index in [-0.39, 0.29) is 0 Å². The molecule has 2 nitrogen and oxygen atoms in total. The molecule has 0 spiro atoms. The van der Waals surface area contributed by atoms with Crippen LogP contribution < -0.4 is 11.5 Å². The van der Waals surface area contributed by atoms with Crippen LogP contribution in [0.5, 0.6) is 0 Å². The van der Waals surface area contributed by atoms with Crippen LogP contribution in [0, 0.1) is 0 Å². The second-order valence-electron chi connectivity index (χ2n) is 2.61. The van der Waals surface area contributed by atoms with Gasteiger partial charge in [-0.1, -0.05) is 18.2 Å². The van der Waals surface area contributed by atoms with E-state index in [0.29, 0.717) is 0 Å². The Balaban J connectivity index is 2.66. The molecule has 1 rings (SSSR count). The number of hydrogen-bond donors (Lipinski definition) is 2. The first-order chi connectivity index (χ1) is 4.11. The van der Waals surface area contributed by atoms with Gasteiger partial charge in [0.05, 0.1) is 5.66 Å². The van der Waals surface area contributed by atoms with Crippen molar-refractivity contribution in [1.29, 1.82) is 0 Å². The number of hydrogen-bond acceptors (Lipinski definition) is 2. The van der Waals surface area contributed by atoms with Crippen LogP contribution in [0.25, 0.3) is 0 Å². The van der Waals surface area contributed by atoms with Crippen LogP contribution in [0.2, 0.25) is 0 Å². The fourth-order valence-electron chi connectivity index (χ4n) is 0.847. The fourth-order valence-corrected chi connectivity index (χ4v) is 0.847. The van der Waals surface area contributed by atoms with Crippen molar-refractivity contribution in [3.8, 4) is 0 Å². The normalized spacial score (nSPS) is 18.3. The van der Waals surface area contributed by atoms with E-state index in [4.69, 9.17) is 11.5 Å². The van der Waals surface area contributed by atoms with E-state index < -0.39 is 5.66 Å². The van der Waals surface area contributed by atoms with Crippen LogP contribution in [0.4, 0.5) is 0 Å². The van der Waals surface area contributed by atoms with Gasteiger partial charge in [-0.25, -0.2) is 0 Å². The maximum atomic E-state index is 5.61. The summed E-state index contributed by atoms with van der Waals surface area (Å²) in [5.41, 5.74) is 11.7. The summed E-state index contributed by atoms with van der Waals surface area (Å²) in [5.74, 6) is 0. The number of nitrogens with two attached hydrogens (primary N) is 2. The Morgan fingerprint density at radius 2 is 2.22 bits per heavy atom. The molecule has 0 fully saturated rings. The molecule has 1 aliphatic rings. The molecular weight excluding hydrogens is 112 g/mol. The van der Waals surface area contributed by atoms with Gasteiger partial charge in [0.25, 0.3) is 0 Å². The van der Waals surface area contributed by atoms with Crippen molar-refractivity contribution in [3.05, 3.63) is 23.8 Å². The van der Waals surface area contributed by atoms with Crippen LogP contribution in [0.1, 0.15) is 13.3 Å². The van der Waals surface area contributed by atoms with Gasteiger partial charge in [0.1, 0.15) is 0 Å².